The van der Waals surface area contributed by atoms with E-state index in [1.54, 1.807) is 17.5 Å². The molecular weight excluding hydrogens is 428 g/mol. The van der Waals surface area contributed by atoms with E-state index in [1.807, 2.05) is 67.7 Å². The number of ketones is 1. The Kier molecular flexibility index (Phi) is 5.75. The standard InChI is InChI=1S/C27H24N4OS/c1-17-15-24(33-18(17)2)27(32)26-21(20-7-3-4-9-23(20)31-26)12-14-29-25-11-10-19(16-30-25)22-8-5-6-13-28-22/h3-11,13,15-16,31H,12,14H2,1-2H3,(H,29,30). The van der Waals surface area contributed by atoms with E-state index < -0.39 is 0 Å². The first kappa shape index (κ1) is 21.1. The van der Waals surface area contributed by atoms with Crippen molar-refractivity contribution >= 4 is 33.8 Å². The average molecular weight is 453 g/mol. The van der Waals surface area contributed by atoms with Crippen LogP contribution in [0.2, 0.25) is 0 Å². The fourth-order valence-electron chi connectivity index (χ4n) is 3.96. The highest BCUT2D eigenvalue weighted by atomic mass is 32.1. The van der Waals surface area contributed by atoms with Crippen molar-refractivity contribution in [3.63, 3.8) is 0 Å². The smallest absolute Gasteiger partial charge is 0.219 e. The van der Waals surface area contributed by atoms with Gasteiger partial charge in [-0.1, -0.05) is 24.3 Å². The number of nitrogens with one attached hydrogen (secondary N) is 2. The number of para-hydroxylation sites is 1. The molecule has 0 saturated carbocycles. The maximum atomic E-state index is 13.3. The Labute approximate surface area is 196 Å². The topological polar surface area (TPSA) is 70.7 Å². The van der Waals surface area contributed by atoms with Crippen molar-refractivity contribution in [1.82, 2.24) is 15.0 Å². The van der Waals surface area contributed by atoms with Gasteiger partial charge in [0, 0.05) is 40.3 Å². The molecular formula is C27H24N4OS. The number of aromatic nitrogens is 3. The number of nitrogens with zero attached hydrogens (tertiary/aromatic N) is 2. The lowest BCUT2D eigenvalue weighted by Crippen LogP contribution is -2.10. The largest absolute Gasteiger partial charge is 0.370 e. The minimum atomic E-state index is 0.0558. The molecule has 5 rings (SSSR count). The van der Waals surface area contributed by atoms with Crippen LogP contribution in [0.5, 0.6) is 0 Å². The van der Waals surface area contributed by atoms with Crippen LogP contribution >= 0.6 is 11.3 Å². The van der Waals surface area contributed by atoms with Crippen molar-refractivity contribution in [3.8, 4) is 11.3 Å². The molecule has 0 atom stereocenters. The Morgan fingerprint density at radius 3 is 2.61 bits per heavy atom. The predicted molar refractivity (Wildman–Crippen MR) is 135 cm³/mol. The number of carbonyl (C=O) groups is 1. The minimum absolute atomic E-state index is 0.0558. The normalized spacial score (nSPS) is 11.1. The number of benzene rings is 1. The first-order chi connectivity index (χ1) is 16.1. The molecule has 0 spiro atoms. The van der Waals surface area contributed by atoms with E-state index in [0.717, 1.165) is 44.0 Å². The summed E-state index contributed by atoms with van der Waals surface area (Å²) >= 11 is 1.56. The molecule has 5 aromatic rings. The molecule has 4 heterocycles. The Morgan fingerprint density at radius 2 is 1.88 bits per heavy atom. The first-order valence-electron chi connectivity index (χ1n) is 10.9. The first-order valence-corrected chi connectivity index (χ1v) is 11.7. The molecule has 0 saturated heterocycles. The van der Waals surface area contributed by atoms with Gasteiger partial charge in [-0.3, -0.25) is 9.78 Å². The van der Waals surface area contributed by atoms with Crippen LogP contribution in [0.25, 0.3) is 22.2 Å². The molecule has 6 heteroatoms. The van der Waals surface area contributed by atoms with Crippen molar-refractivity contribution in [2.45, 2.75) is 20.3 Å². The predicted octanol–water partition coefficient (Wildman–Crippen LogP) is 6.19. The number of fused-ring (bicyclic) bond motifs is 1. The number of thiophene rings is 1. The number of hydrogen-bond acceptors (Lipinski definition) is 5. The summed E-state index contributed by atoms with van der Waals surface area (Å²) in [6.07, 6.45) is 4.31. The lowest BCUT2D eigenvalue weighted by Gasteiger charge is -2.08. The van der Waals surface area contributed by atoms with Crippen LogP contribution in [-0.4, -0.2) is 27.3 Å². The van der Waals surface area contributed by atoms with Crippen molar-refractivity contribution in [2.75, 3.05) is 11.9 Å². The lowest BCUT2D eigenvalue weighted by atomic mass is 10.0. The number of hydrogen-bond donors (Lipinski definition) is 2. The Balaban J connectivity index is 1.35. The Bertz CT molecular complexity index is 1400. The van der Waals surface area contributed by atoms with Gasteiger partial charge in [0.25, 0.3) is 0 Å². The molecule has 0 radical (unpaired) electrons. The van der Waals surface area contributed by atoms with Crippen LogP contribution in [0.4, 0.5) is 5.82 Å². The van der Waals surface area contributed by atoms with E-state index >= 15 is 0 Å². The molecule has 33 heavy (non-hydrogen) atoms. The summed E-state index contributed by atoms with van der Waals surface area (Å²) in [6, 6.07) is 19.9. The van der Waals surface area contributed by atoms with Gasteiger partial charge in [-0.05, 0) is 67.8 Å². The third kappa shape index (κ3) is 4.30. The summed E-state index contributed by atoms with van der Waals surface area (Å²) in [5.41, 5.74) is 5.74. The quantitative estimate of drug-likeness (QED) is 0.289. The van der Waals surface area contributed by atoms with Crippen LogP contribution in [0, 0.1) is 13.8 Å². The molecule has 0 amide bonds. The molecule has 0 unspecified atom stereocenters. The molecule has 0 aliphatic heterocycles. The highest BCUT2D eigenvalue weighted by Crippen LogP contribution is 2.29. The zero-order valence-electron chi connectivity index (χ0n) is 18.6. The molecule has 0 fully saturated rings. The zero-order chi connectivity index (χ0) is 22.8. The summed E-state index contributed by atoms with van der Waals surface area (Å²) in [6.45, 7) is 4.77. The zero-order valence-corrected chi connectivity index (χ0v) is 19.4. The number of anilines is 1. The molecule has 4 aromatic heterocycles. The van der Waals surface area contributed by atoms with E-state index in [-0.39, 0.29) is 5.78 Å². The molecule has 164 valence electrons. The summed E-state index contributed by atoms with van der Waals surface area (Å²) in [5.74, 6) is 0.854. The van der Waals surface area contributed by atoms with E-state index in [1.165, 1.54) is 4.88 Å². The van der Waals surface area contributed by atoms with Crippen molar-refractivity contribution < 1.29 is 4.79 Å². The number of rotatable bonds is 7. The fourth-order valence-corrected chi connectivity index (χ4v) is 4.94. The second-order valence-corrected chi connectivity index (χ2v) is 9.28. The van der Waals surface area contributed by atoms with Crippen molar-refractivity contribution in [3.05, 3.63) is 99.6 Å². The SMILES string of the molecule is Cc1cc(C(=O)c2[nH]c3ccccc3c2CCNc2ccc(-c3ccccn3)cn2)sc1C. The Morgan fingerprint density at radius 1 is 1.03 bits per heavy atom. The molecule has 2 N–H and O–H groups in total. The van der Waals surface area contributed by atoms with Gasteiger partial charge in [-0.25, -0.2) is 4.98 Å². The second-order valence-electron chi connectivity index (χ2n) is 8.03. The molecule has 5 nitrogen and oxygen atoms in total. The highest BCUT2D eigenvalue weighted by Gasteiger charge is 2.20. The molecule has 0 aliphatic rings. The summed E-state index contributed by atoms with van der Waals surface area (Å²) in [4.78, 5) is 27.6. The second kappa shape index (κ2) is 9.00. The van der Waals surface area contributed by atoms with Gasteiger partial charge in [0.15, 0.2) is 0 Å². The number of aromatic amines is 1. The number of pyridine rings is 2. The average Bonchev–Trinajstić information content (AvgIpc) is 3.39. The molecule has 1 aromatic carbocycles. The van der Waals surface area contributed by atoms with E-state index in [0.29, 0.717) is 18.7 Å². The van der Waals surface area contributed by atoms with Gasteiger partial charge < -0.3 is 10.3 Å². The monoisotopic (exact) mass is 452 g/mol. The van der Waals surface area contributed by atoms with E-state index in [2.05, 4.69) is 33.3 Å². The minimum Gasteiger partial charge on any atom is -0.370 e. The highest BCUT2D eigenvalue weighted by molar-refractivity contribution is 7.14. The van der Waals surface area contributed by atoms with Crippen LogP contribution in [-0.2, 0) is 6.42 Å². The number of carbonyl (C=O) groups excluding carboxylic acids is 1. The lowest BCUT2D eigenvalue weighted by molar-refractivity contribution is 0.103. The number of H-pyrrole nitrogens is 1. The van der Waals surface area contributed by atoms with Crippen LogP contribution in [0.3, 0.4) is 0 Å². The summed E-state index contributed by atoms with van der Waals surface area (Å²) in [7, 11) is 0. The summed E-state index contributed by atoms with van der Waals surface area (Å²) < 4.78 is 0. The van der Waals surface area contributed by atoms with Crippen LogP contribution < -0.4 is 5.32 Å². The maximum absolute atomic E-state index is 13.3. The number of aryl methyl sites for hydroxylation is 2. The van der Waals surface area contributed by atoms with Gasteiger partial charge in [0.2, 0.25) is 5.78 Å². The maximum Gasteiger partial charge on any atom is 0.219 e. The third-order valence-electron chi connectivity index (χ3n) is 5.84. The van der Waals surface area contributed by atoms with Gasteiger partial charge >= 0.3 is 0 Å². The Hall–Kier alpha value is -3.77. The fraction of sp³-hybridized carbons (Fsp3) is 0.148. The van der Waals surface area contributed by atoms with Crippen LogP contribution in [0.1, 0.15) is 31.4 Å². The third-order valence-corrected chi connectivity index (χ3v) is 6.99. The van der Waals surface area contributed by atoms with Gasteiger partial charge in [0.1, 0.15) is 5.82 Å². The van der Waals surface area contributed by atoms with Gasteiger partial charge in [0.05, 0.1) is 16.3 Å². The van der Waals surface area contributed by atoms with E-state index in [4.69, 9.17) is 0 Å². The molecule has 0 bridgehead atoms. The molecule has 0 aliphatic carbocycles. The summed E-state index contributed by atoms with van der Waals surface area (Å²) in [5, 5.41) is 4.48. The van der Waals surface area contributed by atoms with Gasteiger partial charge in [-0.15, -0.1) is 11.3 Å². The van der Waals surface area contributed by atoms with Crippen molar-refractivity contribution in [2.24, 2.45) is 0 Å². The van der Waals surface area contributed by atoms with Crippen LogP contribution in [0.15, 0.2) is 73.1 Å². The van der Waals surface area contributed by atoms with Crippen molar-refractivity contribution in [1.29, 1.82) is 0 Å². The van der Waals surface area contributed by atoms with E-state index in [9.17, 15) is 4.79 Å². The van der Waals surface area contributed by atoms with Gasteiger partial charge in [-0.2, -0.15) is 0 Å².